The van der Waals surface area contributed by atoms with E-state index in [1.807, 2.05) is 44.1 Å². The molecule has 41 heavy (non-hydrogen) atoms. The van der Waals surface area contributed by atoms with Crippen LogP contribution in [-0.2, 0) is 0 Å². The molecule has 0 atom stereocenters. The van der Waals surface area contributed by atoms with Gasteiger partial charge in [0.2, 0.25) is 0 Å². The average molecular weight is 557 g/mol. The molecule has 0 aromatic heterocycles. The van der Waals surface area contributed by atoms with Crippen LogP contribution in [0.4, 0.5) is 0 Å². The lowest BCUT2D eigenvalue weighted by molar-refractivity contribution is 0.0716. The van der Waals surface area contributed by atoms with E-state index < -0.39 is 11.9 Å². The van der Waals surface area contributed by atoms with Gasteiger partial charge in [0.15, 0.2) is 0 Å². The minimum Gasteiger partial charge on any atom is -0.508 e. The molecular formula is C33H36N2O6. The van der Waals surface area contributed by atoms with Crippen molar-refractivity contribution >= 4 is 18.2 Å². The third-order valence-electron chi connectivity index (χ3n) is 6.26. The zero-order valence-corrected chi connectivity index (χ0v) is 24.3. The molecule has 214 valence electrons. The zero-order valence-electron chi connectivity index (χ0n) is 24.3. The number of nitrogens with zero attached hydrogens (tertiary/aromatic N) is 2. The number of likely N-dealkylation sites (N-methyl/N-ethyl adjacent to an activating group) is 1. The highest BCUT2D eigenvalue weighted by molar-refractivity contribution is 5.92. The van der Waals surface area contributed by atoms with Gasteiger partial charge in [0.05, 0.1) is 17.7 Å². The second-order valence-electron chi connectivity index (χ2n) is 9.51. The van der Waals surface area contributed by atoms with Crippen LogP contribution in [0.25, 0.3) is 0 Å². The van der Waals surface area contributed by atoms with Gasteiger partial charge in [0, 0.05) is 26.0 Å². The minimum atomic E-state index is -0.551. The maximum Gasteiger partial charge on any atom is 0.343 e. The Morgan fingerprint density at radius 3 is 2.12 bits per heavy atom. The summed E-state index contributed by atoms with van der Waals surface area (Å²) in [6.07, 6.45) is 7.67. The maximum atomic E-state index is 12.9. The lowest BCUT2D eigenvalue weighted by atomic mass is 10.0. The molecule has 0 bridgehead atoms. The van der Waals surface area contributed by atoms with Crippen molar-refractivity contribution in [2.45, 2.75) is 27.7 Å². The van der Waals surface area contributed by atoms with Gasteiger partial charge >= 0.3 is 11.9 Å². The van der Waals surface area contributed by atoms with Crippen molar-refractivity contribution < 1.29 is 28.9 Å². The van der Waals surface area contributed by atoms with E-state index in [-0.39, 0.29) is 5.75 Å². The largest absolute Gasteiger partial charge is 0.508 e. The summed E-state index contributed by atoms with van der Waals surface area (Å²) in [5.74, 6) is 0.409. The second-order valence-corrected chi connectivity index (χ2v) is 9.51. The van der Waals surface area contributed by atoms with E-state index >= 15 is 0 Å². The number of carbonyl (C=O) groups excluding carboxylic acids is 2. The quantitative estimate of drug-likeness (QED) is 0.0983. The Hall–Kier alpha value is -4.85. The topological polar surface area (TPSA) is 97.7 Å². The Morgan fingerprint density at radius 2 is 1.51 bits per heavy atom. The number of rotatable bonds is 11. The lowest BCUT2D eigenvalue weighted by Crippen LogP contribution is -2.13. The standard InChI is InChI=1S/C33H36N2O6/c1-7-8-27(35(5)6)17-18-34-19-20-39-29-15-11-26(12-16-29)33(38)41-31-22(2)21-30(23(3)24(31)4)40-32(37)25-9-13-28(36)14-10-25/h7-18,21,36H,19-20H2,1-6H3/b8-7-,27-17+,34-18+. The monoisotopic (exact) mass is 556 g/mol. The smallest absolute Gasteiger partial charge is 0.343 e. The summed E-state index contributed by atoms with van der Waals surface area (Å²) in [6, 6.07) is 14.2. The fourth-order valence-corrected chi connectivity index (χ4v) is 3.82. The van der Waals surface area contributed by atoms with Crippen molar-refractivity contribution in [3.05, 3.63) is 106 Å². The van der Waals surface area contributed by atoms with Gasteiger partial charge in [-0.2, -0.15) is 0 Å². The summed E-state index contributed by atoms with van der Waals surface area (Å²) >= 11 is 0. The first-order chi connectivity index (χ1) is 19.6. The number of aliphatic imine (C=N–C) groups is 1. The summed E-state index contributed by atoms with van der Waals surface area (Å²) in [5, 5.41) is 9.44. The minimum absolute atomic E-state index is 0.0611. The number of hydrogen-bond acceptors (Lipinski definition) is 8. The highest BCUT2D eigenvalue weighted by Gasteiger charge is 2.19. The van der Waals surface area contributed by atoms with E-state index in [2.05, 4.69) is 4.99 Å². The second kappa shape index (κ2) is 14.5. The third-order valence-corrected chi connectivity index (χ3v) is 6.26. The molecule has 0 spiro atoms. The van der Waals surface area contributed by atoms with Crippen molar-refractivity contribution in [3.63, 3.8) is 0 Å². The fraction of sp³-hybridized carbons (Fsp3) is 0.242. The van der Waals surface area contributed by atoms with Crippen molar-refractivity contribution in [1.82, 2.24) is 4.90 Å². The number of esters is 2. The first kappa shape index (κ1) is 30.7. The van der Waals surface area contributed by atoms with Crippen LogP contribution < -0.4 is 14.2 Å². The van der Waals surface area contributed by atoms with Gasteiger partial charge in [-0.25, -0.2) is 9.59 Å². The number of carbonyl (C=O) groups is 2. The molecule has 0 fully saturated rings. The van der Waals surface area contributed by atoms with Crippen LogP contribution >= 0.6 is 0 Å². The Labute approximate surface area is 241 Å². The third kappa shape index (κ3) is 8.57. The molecule has 3 rings (SSSR count). The first-order valence-corrected chi connectivity index (χ1v) is 13.2. The molecule has 8 nitrogen and oxygen atoms in total. The molecule has 0 unspecified atom stereocenters. The summed E-state index contributed by atoms with van der Waals surface area (Å²) in [4.78, 5) is 31.8. The van der Waals surface area contributed by atoms with Gasteiger partial charge < -0.3 is 24.2 Å². The van der Waals surface area contributed by atoms with E-state index in [9.17, 15) is 14.7 Å². The summed E-state index contributed by atoms with van der Waals surface area (Å²) in [5.41, 5.74) is 3.74. The molecule has 0 saturated heterocycles. The molecule has 3 aromatic carbocycles. The zero-order chi connectivity index (χ0) is 29.9. The Bertz CT molecular complexity index is 1450. The molecule has 1 N–H and O–H groups in total. The van der Waals surface area contributed by atoms with E-state index in [0.717, 1.165) is 5.70 Å². The van der Waals surface area contributed by atoms with Crippen LogP contribution in [0.5, 0.6) is 23.0 Å². The van der Waals surface area contributed by atoms with E-state index in [1.165, 1.54) is 24.3 Å². The number of ether oxygens (including phenoxy) is 3. The number of benzene rings is 3. The molecule has 0 aliphatic carbocycles. The SMILES string of the molecule is C\C=C/C(=C\C=N\CCOc1ccc(C(=O)Oc2c(C)cc(OC(=O)c3ccc(O)cc3)c(C)c2C)cc1)N(C)C. The van der Waals surface area contributed by atoms with E-state index in [1.54, 1.807) is 57.3 Å². The number of aryl methyl sites for hydroxylation is 1. The van der Waals surface area contributed by atoms with Gasteiger partial charge in [-0.05, 0) is 111 Å². The number of hydrogen-bond donors (Lipinski definition) is 1. The molecule has 8 heteroatoms. The molecule has 0 amide bonds. The molecule has 0 saturated carbocycles. The van der Waals surface area contributed by atoms with Crippen molar-refractivity contribution in [3.8, 4) is 23.0 Å². The Morgan fingerprint density at radius 1 is 0.902 bits per heavy atom. The predicted molar refractivity (Wildman–Crippen MR) is 161 cm³/mol. The van der Waals surface area contributed by atoms with Gasteiger partial charge in [-0.3, -0.25) is 4.99 Å². The molecule has 3 aromatic rings. The number of phenols is 1. The number of phenolic OH excluding ortho intramolecular Hbond substituents is 1. The van der Waals surface area contributed by atoms with Crippen LogP contribution in [-0.4, -0.2) is 55.4 Å². The highest BCUT2D eigenvalue weighted by atomic mass is 16.5. The Kier molecular flexibility index (Phi) is 10.9. The highest BCUT2D eigenvalue weighted by Crippen LogP contribution is 2.34. The maximum absolute atomic E-state index is 12.9. The van der Waals surface area contributed by atoms with Crippen molar-refractivity contribution in [1.29, 1.82) is 0 Å². The van der Waals surface area contributed by atoms with Crippen LogP contribution in [0.15, 0.2) is 83.5 Å². The fourth-order valence-electron chi connectivity index (χ4n) is 3.82. The molecule has 0 heterocycles. The van der Waals surface area contributed by atoms with Gasteiger partial charge in [0.1, 0.15) is 29.6 Å². The molecule has 0 aliphatic rings. The Balaban J connectivity index is 1.59. The normalized spacial score (nSPS) is 11.6. The van der Waals surface area contributed by atoms with Gasteiger partial charge in [-0.15, -0.1) is 0 Å². The lowest BCUT2D eigenvalue weighted by Gasteiger charge is -2.16. The first-order valence-electron chi connectivity index (χ1n) is 13.2. The van der Waals surface area contributed by atoms with E-state index in [0.29, 0.717) is 58.2 Å². The van der Waals surface area contributed by atoms with Gasteiger partial charge in [-0.1, -0.05) is 6.08 Å². The number of aromatic hydroxyl groups is 1. The molecule has 0 aliphatic heterocycles. The van der Waals surface area contributed by atoms with Crippen LogP contribution in [0.1, 0.15) is 44.3 Å². The summed E-state index contributed by atoms with van der Waals surface area (Å²) in [6.45, 7) is 8.24. The average Bonchev–Trinajstić information content (AvgIpc) is 2.95. The van der Waals surface area contributed by atoms with Crippen LogP contribution in [0, 0.1) is 20.8 Å². The summed E-state index contributed by atoms with van der Waals surface area (Å²) in [7, 11) is 3.95. The molecular weight excluding hydrogens is 520 g/mol. The predicted octanol–water partition coefficient (Wildman–Crippen LogP) is 6.23. The summed E-state index contributed by atoms with van der Waals surface area (Å²) < 4.78 is 17.1. The van der Waals surface area contributed by atoms with Crippen LogP contribution in [0.3, 0.4) is 0 Å². The van der Waals surface area contributed by atoms with Crippen molar-refractivity contribution in [2.24, 2.45) is 4.99 Å². The van der Waals surface area contributed by atoms with Gasteiger partial charge in [0.25, 0.3) is 0 Å². The van der Waals surface area contributed by atoms with E-state index in [4.69, 9.17) is 14.2 Å². The molecule has 0 radical (unpaired) electrons. The van der Waals surface area contributed by atoms with Crippen molar-refractivity contribution in [2.75, 3.05) is 27.2 Å². The number of allylic oxidation sites excluding steroid dienone is 3. The van der Waals surface area contributed by atoms with Crippen LogP contribution in [0.2, 0.25) is 0 Å².